The van der Waals surface area contributed by atoms with E-state index >= 15 is 0 Å². The Hall–Kier alpha value is -2.99. The normalized spacial score (nSPS) is 14.8. The van der Waals surface area contributed by atoms with E-state index in [2.05, 4.69) is 26.2 Å². The summed E-state index contributed by atoms with van der Waals surface area (Å²) in [6, 6.07) is 8.40. The van der Waals surface area contributed by atoms with Crippen molar-refractivity contribution in [2.75, 3.05) is 26.2 Å². The Balaban J connectivity index is 1.75. The largest absolute Gasteiger partial charge is 0.465 e. The van der Waals surface area contributed by atoms with Gasteiger partial charge in [-0.05, 0) is 43.1 Å². The average Bonchev–Trinajstić information content (AvgIpc) is 3.22. The molecule has 12 heteroatoms. The first kappa shape index (κ1) is 27.6. The van der Waals surface area contributed by atoms with Crippen molar-refractivity contribution in [3.05, 3.63) is 39.8 Å². The monoisotopic (exact) mass is 580 g/mol. The number of esters is 1. The van der Waals surface area contributed by atoms with E-state index in [0.29, 0.717) is 8.79 Å². The summed E-state index contributed by atoms with van der Waals surface area (Å²) in [4.78, 5) is 57.2. The Labute approximate surface area is 221 Å². The SMILES string of the molecule is CC(C)(C)OC(=O)CC[C@H](NC(=O)c1nc(-c2ccccc2)sc1Br)C(=O)N1CCN(C(=O)O)CC1. The number of ether oxygens (including phenoxy) is 1. The topological polar surface area (TPSA) is 129 Å². The van der Waals surface area contributed by atoms with Crippen LogP contribution in [0.15, 0.2) is 34.1 Å². The highest BCUT2D eigenvalue weighted by atomic mass is 79.9. The predicted molar refractivity (Wildman–Crippen MR) is 138 cm³/mol. The summed E-state index contributed by atoms with van der Waals surface area (Å²) < 4.78 is 5.87. The van der Waals surface area contributed by atoms with Gasteiger partial charge in [0.25, 0.3) is 5.91 Å². The molecule has 1 fully saturated rings. The lowest BCUT2D eigenvalue weighted by Gasteiger charge is -2.35. The molecule has 3 rings (SSSR count). The van der Waals surface area contributed by atoms with Crippen molar-refractivity contribution in [3.63, 3.8) is 0 Å². The second-order valence-electron chi connectivity index (χ2n) is 9.25. The smallest absolute Gasteiger partial charge is 0.407 e. The molecule has 3 amide bonds. The molecule has 0 aliphatic carbocycles. The third-order valence-corrected chi connectivity index (χ3v) is 7.10. The number of halogens is 1. The Bertz CT molecular complexity index is 1110. The first-order valence-electron chi connectivity index (χ1n) is 11.5. The summed E-state index contributed by atoms with van der Waals surface area (Å²) >= 11 is 4.70. The van der Waals surface area contributed by atoms with Crippen LogP contribution in [0.25, 0.3) is 10.6 Å². The van der Waals surface area contributed by atoms with Crippen LogP contribution in [0.1, 0.15) is 44.1 Å². The average molecular weight is 581 g/mol. The fraction of sp³-hybridized carbons (Fsp3) is 0.458. The number of carboxylic acid groups (broad SMARTS) is 1. The molecule has 0 spiro atoms. The Morgan fingerprint density at radius 2 is 1.72 bits per heavy atom. The van der Waals surface area contributed by atoms with E-state index in [-0.39, 0.29) is 50.6 Å². The minimum atomic E-state index is -1.04. The Morgan fingerprint density at radius 3 is 2.31 bits per heavy atom. The van der Waals surface area contributed by atoms with Gasteiger partial charge in [-0.1, -0.05) is 30.3 Å². The molecule has 1 aromatic carbocycles. The van der Waals surface area contributed by atoms with E-state index < -0.39 is 29.6 Å². The predicted octanol–water partition coefficient (Wildman–Crippen LogP) is 3.62. The molecule has 10 nitrogen and oxygen atoms in total. The van der Waals surface area contributed by atoms with Crippen molar-refractivity contribution in [1.82, 2.24) is 20.1 Å². The van der Waals surface area contributed by atoms with Gasteiger partial charge in [0, 0.05) is 38.2 Å². The van der Waals surface area contributed by atoms with E-state index in [9.17, 15) is 19.2 Å². The number of hydrogen-bond donors (Lipinski definition) is 2. The number of carbonyl (C=O) groups is 4. The van der Waals surface area contributed by atoms with E-state index in [4.69, 9.17) is 9.84 Å². The summed E-state index contributed by atoms with van der Waals surface area (Å²) in [6.07, 6.45) is -1.08. The molecule has 1 aliphatic heterocycles. The molecular formula is C24H29BrN4O6S. The molecular weight excluding hydrogens is 552 g/mol. The molecule has 1 atom stereocenters. The van der Waals surface area contributed by atoms with Crippen molar-refractivity contribution in [3.8, 4) is 10.6 Å². The number of amides is 3. The van der Waals surface area contributed by atoms with E-state index in [1.807, 2.05) is 30.3 Å². The van der Waals surface area contributed by atoms with E-state index in [0.717, 1.165) is 5.56 Å². The molecule has 1 saturated heterocycles. The van der Waals surface area contributed by atoms with Gasteiger partial charge < -0.3 is 25.0 Å². The number of carbonyl (C=O) groups excluding carboxylic acids is 3. The number of rotatable bonds is 7. The van der Waals surface area contributed by atoms with Crippen LogP contribution in [0, 0.1) is 0 Å². The summed E-state index contributed by atoms with van der Waals surface area (Å²) in [7, 11) is 0. The second kappa shape index (κ2) is 11.8. The number of thiazole rings is 1. The quantitative estimate of drug-likeness (QED) is 0.478. The zero-order valence-corrected chi connectivity index (χ0v) is 22.7. The highest BCUT2D eigenvalue weighted by molar-refractivity contribution is 9.11. The lowest BCUT2D eigenvalue weighted by atomic mass is 10.1. The van der Waals surface area contributed by atoms with Gasteiger partial charge in [0.15, 0.2) is 5.69 Å². The van der Waals surface area contributed by atoms with Crippen molar-refractivity contribution in [2.24, 2.45) is 0 Å². The molecule has 2 heterocycles. The maximum atomic E-state index is 13.3. The number of piperazine rings is 1. The van der Waals surface area contributed by atoms with Crippen LogP contribution < -0.4 is 5.32 Å². The zero-order chi connectivity index (χ0) is 26.5. The van der Waals surface area contributed by atoms with Crippen LogP contribution in [0.5, 0.6) is 0 Å². The highest BCUT2D eigenvalue weighted by Crippen LogP contribution is 2.32. The molecule has 1 aliphatic rings. The lowest BCUT2D eigenvalue weighted by molar-refractivity contribution is -0.155. The summed E-state index contributed by atoms with van der Waals surface area (Å²) in [5.74, 6) is -1.41. The third-order valence-electron chi connectivity index (χ3n) is 5.34. The van der Waals surface area contributed by atoms with Gasteiger partial charge in [0.1, 0.15) is 20.4 Å². The first-order chi connectivity index (χ1) is 16.9. The van der Waals surface area contributed by atoms with E-state index in [1.165, 1.54) is 21.1 Å². The van der Waals surface area contributed by atoms with Gasteiger partial charge in [0.05, 0.1) is 0 Å². The molecule has 36 heavy (non-hydrogen) atoms. The minimum Gasteiger partial charge on any atom is -0.465 e. The van der Waals surface area contributed by atoms with Crippen LogP contribution in [-0.4, -0.2) is 81.6 Å². The summed E-state index contributed by atoms with van der Waals surface area (Å²) in [5.41, 5.74) is 0.326. The fourth-order valence-electron chi connectivity index (χ4n) is 3.62. The van der Waals surface area contributed by atoms with Crippen molar-refractivity contribution in [1.29, 1.82) is 0 Å². The van der Waals surface area contributed by atoms with Crippen molar-refractivity contribution in [2.45, 2.75) is 45.3 Å². The first-order valence-corrected chi connectivity index (χ1v) is 13.1. The molecule has 194 valence electrons. The number of nitrogens with zero attached hydrogens (tertiary/aromatic N) is 3. The minimum absolute atomic E-state index is 0.0337. The Morgan fingerprint density at radius 1 is 1.11 bits per heavy atom. The maximum absolute atomic E-state index is 13.3. The van der Waals surface area contributed by atoms with Gasteiger partial charge in [-0.2, -0.15) is 0 Å². The van der Waals surface area contributed by atoms with Crippen LogP contribution in [-0.2, 0) is 14.3 Å². The van der Waals surface area contributed by atoms with Crippen LogP contribution in [0.4, 0.5) is 4.79 Å². The maximum Gasteiger partial charge on any atom is 0.407 e. The highest BCUT2D eigenvalue weighted by Gasteiger charge is 2.32. The lowest BCUT2D eigenvalue weighted by Crippen LogP contribution is -2.55. The number of hydrogen-bond acceptors (Lipinski definition) is 7. The van der Waals surface area contributed by atoms with Gasteiger partial charge in [-0.25, -0.2) is 9.78 Å². The molecule has 2 aromatic rings. The molecule has 0 saturated carbocycles. The number of nitrogens with one attached hydrogen (secondary N) is 1. The summed E-state index contributed by atoms with van der Waals surface area (Å²) in [6.45, 7) is 5.99. The molecule has 0 radical (unpaired) electrons. The van der Waals surface area contributed by atoms with Gasteiger partial charge in [-0.15, -0.1) is 11.3 Å². The van der Waals surface area contributed by atoms with Crippen molar-refractivity contribution < 1.29 is 29.0 Å². The van der Waals surface area contributed by atoms with Crippen LogP contribution in [0.3, 0.4) is 0 Å². The van der Waals surface area contributed by atoms with Crippen molar-refractivity contribution >= 4 is 51.1 Å². The Kier molecular flexibility index (Phi) is 9.07. The zero-order valence-electron chi connectivity index (χ0n) is 20.3. The van der Waals surface area contributed by atoms with Gasteiger partial charge in [0.2, 0.25) is 5.91 Å². The molecule has 0 bridgehead atoms. The van der Waals surface area contributed by atoms with Crippen LogP contribution >= 0.6 is 27.3 Å². The molecule has 1 aromatic heterocycles. The van der Waals surface area contributed by atoms with Gasteiger partial charge in [-0.3, -0.25) is 14.4 Å². The number of benzene rings is 1. The van der Waals surface area contributed by atoms with Gasteiger partial charge >= 0.3 is 12.1 Å². The molecule has 2 N–H and O–H groups in total. The van der Waals surface area contributed by atoms with Crippen LogP contribution in [0.2, 0.25) is 0 Å². The fourth-order valence-corrected chi connectivity index (χ4v) is 5.15. The molecule has 0 unspecified atom stereocenters. The van der Waals surface area contributed by atoms with E-state index in [1.54, 1.807) is 20.8 Å². The summed E-state index contributed by atoms with van der Waals surface area (Å²) in [5, 5.41) is 12.6. The number of aromatic nitrogens is 1. The standard InChI is InChI=1S/C24H29BrN4O6S/c1-24(2,3)35-17(30)10-9-16(22(32)28-11-13-29(14-12-28)23(33)34)26-20(31)18-19(25)36-21(27-18)15-7-5-4-6-8-15/h4-8,16H,9-14H2,1-3H3,(H,26,31)(H,33,34)/t16-/m0/s1. The third kappa shape index (κ3) is 7.50. The second-order valence-corrected chi connectivity index (χ2v) is 11.6.